The number of aryl methyl sites for hydroxylation is 2. The highest BCUT2D eigenvalue weighted by Gasteiger charge is 2.40. The first kappa shape index (κ1) is 21.7. The van der Waals surface area contributed by atoms with Gasteiger partial charge in [0.2, 0.25) is 5.91 Å². The number of carbonyl (C=O) groups excluding carboxylic acids is 1. The van der Waals surface area contributed by atoms with E-state index in [2.05, 4.69) is 5.32 Å². The lowest BCUT2D eigenvalue weighted by atomic mass is 9.95. The Bertz CT molecular complexity index is 1070. The number of sulfonamides is 1. The van der Waals surface area contributed by atoms with Crippen LogP contribution in [0.15, 0.2) is 47.4 Å². The van der Waals surface area contributed by atoms with Crippen molar-refractivity contribution < 1.29 is 17.9 Å². The molecular formula is C24H30N2O4S. The molecule has 0 aliphatic heterocycles. The van der Waals surface area contributed by atoms with Crippen molar-refractivity contribution in [2.24, 2.45) is 11.8 Å². The first-order valence-electron chi connectivity index (χ1n) is 10.8. The molecule has 0 aromatic heterocycles. The van der Waals surface area contributed by atoms with Gasteiger partial charge in [0, 0.05) is 6.04 Å². The molecule has 31 heavy (non-hydrogen) atoms. The highest BCUT2D eigenvalue weighted by atomic mass is 32.2. The molecule has 0 heterocycles. The highest BCUT2D eigenvalue weighted by Crippen LogP contribution is 2.44. The Kier molecular flexibility index (Phi) is 5.97. The number of amides is 1. The molecule has 2 bridgehead atoms. The molecule has 2 aliphatic rings. The molecule has 2 aliphatic carbocycles. The second-order valence-corrected chi connectivity index (χ2v) is 10.7. The van der Waals surface area contributed by atoms with Crippen molar-refractivity contribution >= 4 is 21.6 Å². The summed E-state index contributed by atoms with van der Waals surface area (Å²) in [6.45, 7) is 3.50. The average molecular weight is 443 g/mol. The van der Waals surface area contributed by atoms with Crippen LogP contribution in [0.2, 0.25) is 0 Å². The zero-order valence-electron chi connectivity index (χ0n) is 18.3. The van der Waals surface area contributed by atoms with Gasteiger partial charge in [-0.2, -0.15) is 0 Å². The minimum atomic E-state index is -3.97. The Labute approximate surface area is 184 Å². The summed E-state index contributed by atoms with van der Waals surface area (Å²) in [7, 11) is -2.47. The van der Waals surface area contributed by atoms with Gasteiger partial charge in [0.05, 0.1) is 17.7 Å². The molecule has 4 rings (SSSR count). The van der Waals surface area contributed by atoms with Crippen molar-refractivity contribution in [2.75, 3.05) is 18.0 Å². The fourth-order valence-corrected chi connectivity index (χ4v) is 6.36. The third-order valence-corrected chi connectivity index (χ3v) is 8.36. The largest absolute Gasteiger partial charge is 0.495 e. The van der Waals surface area contributed by atoms with Crippen molar-refractivity contribution in [1.29, 1.82) is 0 Å². The minimum Gasteiger partial charge on any atom is -0.495 e. The van der Waals surface area contributed by atoms with Crippen molar-refractivity contribution in [2.45, 2.75) is 50.5 Å². The molecule has 0 unspecified atom stereocenters. The van der Waals surface area contributed by atoms with Gasteiger partial charge in [-0.25, -0.2) is 8.42 Å². The summed E-state index contributed by atoms with van der Waals surface area (Å²) in [4.78, 5) is 13.2. The number of ether oxygens (including phenoxy) is 1. The van der Waals surface area contributed by atoms with Crippen LogP contribution in [-0.2, 0) is 14.8 Å². The number of nitrogens with zero attached hydrogens (tertiary/aromatic N) is 1. The molecule has 166 valence electrons. The van der Waals surface area contributed by atoms with E-state index in [-0.39, 0.29) is 23.4 Å². The van der Waals surface area contributed by atoms with E-state index < -0.39 is 10.0 Å². The van der Waals surface area contributed by atoms with Crippen molar-refractivity contribution in [3.63, 3.8) is 0 Å². The minimum absolute atomic E-state index is 0.148. The van der Waals surface area contributed by atoms with Gasteiger partial charge in [-0.05, 0) is 74.8 Å². The van der Waals surface area contributed by atoms with Gasteiger partial charge in [0.15, 0.2) is 0 Å². The van der Waals surface area contributed by atoms with Gasteiger partial charge in [-0.3, -0.25) is 9.10 Å². The van der Waals surface area contributed by atoms with Crippen LogP contribution in [0.25, 0.3) is 0 Å². The summed E-state index contributed by atoms with van der Waals surface area (Å²) >= 11 is 0. The molecule has 1 amide bonds. The van der Waals surface area contributed by atoms with Crippen LogP contribution in [0.3, 0.4) is 0 Å². The van der Waals surface area contributed by atoms with E-state index in [4.69, 9.17) is 4.74 Å². The Balaban J connectivity index is 1.66. The smallest absolute Gasteiger partial charge is 0.264 e. The van der Waals surface area contributed by atoms with Gasteiger partial charge in [0.25, 0.3) is 10.0 Å². The maximum absolute atomic E-state index is 13.6. The SMILES string of the molecule is COc1ccc(C)cc1N(CC(=O)N[C@H]1C[C@@H]2CC[C@@H]1C2)S(=O)(=O)c1ccc(C)cc1. The number of nitrogens with one attached hydrogen (secondary N) is 1. The topological polar surface area (TPSA) is 75.7 Å². The predicted octanol–water partition coefficient (Wildman–Crippen LogP) is 3.81. The number of hydrogen-bond donors (Lipinski definition) is 1. The van der Waals surface area contributed by atoms with E-state index in [1.165, 1.54) is 24.3 Å². The first-order chi connectivity index (χ1) is 14.8. The van der Waals surface area contributed by atoms with E-state index in [0.717, 1.165) is 24.0 Å². The Morgan fingerprint density at radius 1 is 1.06 bits per heavy atom. The van der Waals surface area contributed by atoms with Gasteiger partial charge < -0.3 is 10.1 Å². The number of benzene rings is 2. The summed E-state index contributed by atoms with van der Waals surface area (Å²) in [5.41, 5.74) is 2.22. The van der Waals surface area contributed by atoms with Crippen LogP contribution in [0.5, 0.6) is 5.75 Å². The lowest BCUT2D eigenvalue weighted by Gasteiger charge is -2.28. The molecule has 7 heteroatoms. The van der Waals surface area contributed by atoms with E-state index in [9.17, 15) is 13.2 Å². The Hall–Kier alpha value is -2.54. The van der Waals surface area contributed by atoms with E-state index >= 15 is 0 Å². The third kappa shape index (κ3) is 4.42. The number of fused-ring (bicyclic) bond motifs is 2. The molecule has 1 N–H and O–H groups in total. The third-order valence-electron chi connectivity index (χ3n) is 6.58. The van der Waals surface area contributed by atoms with Crippen molar-refractivity contribution in [1.82, 2.24) is 5.32 Å². The van der Waals surface area contributed by atoms with E-state index in [1.807, 2.05) is 19.9 Å². The molecule has 0 saturated heterocycles. The number of anilines is 1. The van der Waals surface area contributed by atoms with Crippen LogP contribution in [0, 0.1) is 25.7 Å². The average Bonchev–Trinajstić information content (AvgIpc) is 3.35. The molecule has 0 radical (unpaired) electrons. The monoisotopic (exact) mass is 442 g/mol. The van der Waals surface area contributed by atoms with Gasteiger partial charge in [0.1, 0.15) is 12.3 Å². The summed E-state index contributed by atoms with van der Waals surface area (Å²) < 4.78 is 33.8. The normalized spacial score (nSPS) is 22.4. The Morgan fingerprint density at radius 2 is 1.77 bits per heavy atom. The van der Waals surface area contributed by atoms with Crippen LogP contribution in [0.1, 0.15) is 36.8 Å². The second-order valence-electron chi connectivity index (χ2n) is 8.85. The zero-order valence-corrected chi connectivity index (χ0v) is 19.1. The van der Waals surface area contributed by atoms with Crippen LogP contribution in [0.4, 0.5) is 5.69 Å². The first-order valence-corrected chi connectivity index (χ1v) is 12.3. The maximum Gasteiger partial charge on any atom is 0.264 e. The summed E-state index contributed by atoms with van der Waals surface area (Å²) in [5.74, 6) is 1.34. The van der Waals surface area contributed by atoms with E-state index in [0.29, 0.717) is 23.3 Å². The summed E-state index contributed by atoms with van der Waals surface area (Å²) in [6, 6.07) is 12.2. The number of methoxy groups -OCH3 is 1. The van der Waals surface area contributed by atoms with Gasteiger partial charge in [-0.1, -0.05) is 30.2 Å². The summed E-state index contributed by atoms with van der Waals surface area (Å²) in [6.07, 6.45) is 4.55. The number of rotatable bonds is 7. The second kappa shape index (κ2) is 8.54. The van der Waals surface area contributed by atoms with Crippen LogP contribution >= 0.6 is 0 Å². The fraction of sp³-hybridized carbons (Fsp3) is 0.458. The standard InChI is InChI=1S/C24H30N2O4S/c1-16-4-9-20(10-5-16)31(28,29)26(22-12-17(2)6-11-23(22)30-3)15-24(27)25-21-14-18-7-8-19(21)13-18/h4-6,9-12,18-19,21H,7-8,13-15H2,1-3H3,(H,25,27)/t18-,19-,21+/m1/s1. The fourth-order valence-electron chi connectivity index (χ4n) is 4.94. The summed E-state index contributed by atoms with van der Waals surface area (Å²) in [5, 5.41) is 3.11. The molecular weight excluding hydrogens is 412 g/mol. The number of hydrogen-bond acceptors (Lipinski definition) is 4. The molecule has 0 spiro atoms. The lowest BCUT2D eigenvalue weighted by Crippen LogP contribution is -2.46. The molecule has 2 aromatic carbocycles. The van der Waals surface area contributed by atoms with Crippen LogP contribution in [-0.4, -0.2) is 34.0 Å². The molecule has 2 saturated carbocycles. The van der Waals surface area contributed by atoms with Crippen molar-refractivity contribution in [3.8, 4) is 5.75 Å². The predicted molar refractivity (Wildman–Crippen MR) is 121 cm³/mol. The zero-order chi connectivity index (χ0) is 22.2. The van der Waals surface area contributed by atoms with E-state index in [1.54, 1.807) is 36.4 Å². The van der Waals surface area contributed by atoms with Gasteiger partial charge in [-0.15, -0.1) is 0 Å². The van der Waals surface area contributed by atoms with Crippen molar-refractivity contribution in [3.05, 3.63) is 53.6 Å². The quantitative estimate of drug-likeness (QED) is 0.707. The van der Waals surface area contributed by atoms with Crippen LogP contribution < -0.4 is 14.4 Å². The number of carbonyl (C=O) groups is 1. The lowest BCUT2D eigenvalue weighted by molar-refractivity contribution is -0.120. The van der Waals surface area contributed by atoms with Gasteiger partial charge >= 0.3 is 0 Å². The maximum atomic E-state index is 13.6. The molecule has 2 fully saturated rings. The Morgan fingerprint density at radius 3 is 2.39 bits per heavy atom. The molecule has 6 nitrogen and oxygen atoms in total. The molecule has 3 atom stereocenters. The molecule has 2 aromatic rings. The highest BCUT2D eigenvalue weighted by molar-refractivity contribution is 7.92.